The molecule has 1 aliphatic rings. The zero-order valence-corrected chi connectivity index (χ0v) is 12.9. The predicted octanol–water partition coefficient (Wildman–Crippen LogP) is 3.57. The number of halogens is 2. The van der Waals surface area contributed by atoms with Crippen molar-refractivity contribution in [2.75, 3.05) is 13.1 Å². The lowest BCUT2D eigenvalue weighted by Gasteiger charge is -2.29. The Hall–Kier alpha value is -2.02. The Bertz CT molecular complexity index is 648. The van der Waals surface area contributed by atoms with E-state index < -0.39 is 6.61 Å². The first-order valence-corrected chi connectivity index (χ1v) is 7.71. The van der Waals surface area contributed by atoms with E-state index in [-0.39, 0.29) is 11.6 Å². The van der Waals surface area contributed by atoms with Gasteiger partial charge in [0.15, 0.2) is 0 Å². The van der Waals surface area contributed by atoms with Gasteiger partial charge in [0.05, 0.1) is 12.1 Å². The zero-order valence-electron chi connectivity index (χ0n) is 12.9. The van der Waals surface area contributed by atoms with Crippen LogP contribution in [0.2, 0.25) is 0 Å². The van der Waals surface area contributed by atoms with Crippen LogP contribution >= 0.6 is 0 Å². The van der Waals surface area contributed by atoms with Gasteiger partial charge in [-0.3, -0.25) is 4.90 Å². The summed E-state index contributed by atoms with van der Waals surface area (Å²) in [5.74, 6) is 1.45. The summed E-state index contributed by atoms with van der Waals surface area (Å²) in [7, 11) is 0. The van der Waals surface area contributed by atoms with Crippen molar-refractivity contribution >= 4 is 0 Å². The second-order valence-electron chi connectivity index (χ2n) is 5.87. The summed E-state index contributed by atoms with van der Waals surface area (Å²) in [5, 5.41) is 3.90. The molecule has 0 amide bonds. The van der Waals surface area contributed by atoms with Crippen molar-refractivity contribution in [2.45, 2.75) is 32.9 Å². The highest BCUT2D eigenvalue weighted by atomic mass is 19.3. The van der Waals surface area contributed by atoms with E-state index in [1.54, 1.807) is 18.2 Å². The lowest BCUT2D eigenvalue weighted by molar-refractivity contribution is -0.0494. The largest absolute Gasteiger partial charge is 0.434 e. The van der Waals surface area contributed by atoms with E-state index in [2.05, 4.69) is 26.7 Å². The average Bonchev–Trinajstić information content (AvgIpc) is 2.95. The molecule has 2 aromatic rings. The normalized spacial score (nSPS) is 19.2. The molecule has 1 aromatic carbocycles. The van der Waals surface area contributed by atoms with Gasteiger partial charge in [-0.25, -0.2) is 0 Å². The number of ether oxygens (including phenoxy) is 1. The molecule has 23 heavy (non-hydrogen) atoms. The maximum absolute atomic E-state index is 12.5. The van der Waals surface area contributed by atoms with Crippen molar-refractivity contribution in [1.29, 1.82) is 0 Å². The van der Waals surface area contributed by atoms with Crippen molar-refractivity contribution < 1.29 is 18.0 Å². The second-order valence-corrected chi connectivity index (χ2v) is 5.87. The molecule has 2 heterocycles. The number of nitrogens with zero attached hydrogens (tertiary/aromatic N) is 3. The summed E-state index contributed by atoms with van der Waals surface area (Å²) in [5.41, 5.74) is 0.398. The third-order valence-electron chi connectivity index (χ3n) is 3.91. The number of aromatic nitrogens is 2. The van der Waals surface area contributed by atoms with Crippen LogP contribution in [0.1, 0.15) is 25.7 Å². The SMILES string of the molecule is CC1CCCN(Cc2nc(-c3ccccc3OC(F)F)no2)C1. The van der Waals surface area contributed by atoms with Crippen LogP contribution in [0.15, 0.2) is 28.8 Å². The summed E-state index contributed by atoms with van der Waals surface area (Å²) in [6, 6.07) is 6.44. The molecule has 124 valence electrons. The topological polar surface area (TPSA) is 51.4 Å². The van der Waals surface area contributed by atoms with Crippen LogP contribution < -0.4 is 4.74 Å². The highest BCUT2D eigenvalue weighted by Gasteiger charge is 2.20. The molecule has 0 bridgehead atoms. The van der Waals surface area contributed by atoms with E-state index in [1.807, 2.05) is 0 Å². The van der Waals surface area contributed by atoms with E-state index in [1.165, 1.54) is 12.5 Å². The molecule has 3 rings (SSSR count). The summed E-state index contributed by atoms with van der Waals surface area (Å²) >= 11 is 0. The van der Waals surface area contributed by atoms with E-state index >= 15 is 0 Å². The van der Waals surface area contributed by atoms with Crippen LogP contribution in [0.3, 0.4) is 0 Å². The minimum Gasteiger partial charge on any atom is -0.434 e. The standard InChI is InChI=1S/C16H19F2N3O2/c1-11-5-4-8-21(9-11)10-14-19-15(20-23-14)12-6-2-3-7-13(12)22-16(17)18/h2-3,6-7,11,16H,4-5,8-10H2,1H3. The lowest BCUT2D eigenvalue weighted by atomic mass is 10.0. The first-order chi connectivity index (χ1) is 11.1. The second kappa shape index (κ2) is 7.04. The van der Waals surface area contributed by atoms with Gasteiger partial charge in [0.25, 0.3) is 0 Å². The highest BCUT2D eigenvalue weighted by molar-refractivity contribution is 5.63. The summed E-state index contributed by atoms with van der Waals surface area (Å²) in [6.07, 6.45) is 2.40. The van der Waals surface area contributed by atoms with Crippen molar-refractivity contribution in [3.63, 3.8) is 0 Å². The molecule has 0 spiro atoms. The van der Waals surface area contributed by atoms with E-state index in [0.29, 0.717) is 23.9 Å². The lowest BCUT2D eigenvalue weighted by Crippen LogP contribution is -2.33. The Morgan fingerprint density at radius 3 is 3.00 bits per heavy atom. The molecule has 1 aromatic heterocycles. The molecule has 5 nitrogen and oxygen atoms in total. The van der Waals surface area contributed by atoms with Gasteiger partial charge in [-0.1, -0.05) is 24.2 Å². The van der Waals surface area contributed by atoms with Gasteiger partial charge >= 0.3 is 6.61 Å². The van der Waals surface area contributed by atoms with Crippen LogP contribution in [0.5, 0.6) is 5.75 Å². The third kappa shape index (κ3) is 4.04. The first kappa shape index (κ1) is 15.9. The van der Waals surface area contributed by atoms with Crippen molar-refractivity contribution in [3.8, 4) is 17.1 Å². The minimum atomic E-state index is -2.89. The van der Waals surface area contributed by atoms with Crippen LogP contribution in [-0.2, 0) is 6.54 Å². The fraction of sp³-hybridized carbons (Fsp3) is 0.500. The van der Waals surface area contributed by atoms with Crippen molar-refractivity contribution in [1.82, 2.24) is 15.0 Å². The van der Waals surface area contributed by atoms with E-state index in [4.69, 9.17) is 4.52 Å². The number of benzene rings is 1. The molecule has 1 fully saturated rings. The number of hydrogen-bond acceptors (Lipinski definition) is 5. The van der Waals surface area contributed by atoms with Crippen molar-refractivity contribution in [2.24, 2.45) is 5.92 Å². The van der Waals surface area contributed by atoms with Crippen LogP contribution in [0, 0.1) is 5.92 Å². The van der Waals surface area contributed by atoms with E-state index in [9.17, 15) is 8.78 Å². The quantitative estimate of drug-likeness (QED) is 0.842. The number of rotatable bonds is 5. The first-order valence-electron chi connectivity index (χ1n) is 7.71. The Labute approximate surface area is 133 Å². The van der Waals surface area contributed by atoms with Gasteiger partial charge in [-0.2, -0.15) is 13.8 Å². The molecule has 0 aliphatic carbocycles. The Morgan fingerprint density at radius 2 is 2.22 bits per heavy atom. The number of hydrogen-bond donors (Lipinski definition) is 0. The smallest absolute Gasteiger partial charge is 0.387 e. The van der Waals surface area contributed by atoms with E-state index in [0.717, 1.165) is 19.5 Å². The van der Waals surface area contributed by atoms with Gasteiger partial charge < -0.3 is 9.26 Å². The summed E-state index contributed by atoms with van der Waals surface area (Å²) in [4.78, 5) is 6.59. The average molecular weight is 323 g/mol. The van der Waals surface area contributed by atoms with Gasteiger partial charge in [0, 0.05) is 6.54 Å². The van der Waals surface area contributed by atoms with Gasteiger partial charge in [-0.05, 0) is 37.4 Å². The number of likely N-dealkylation sites (tertiary alicyclic amines) is 1. The van der Waals surface area contributed by atoms with Gasteiger partial charge in [0.2, 0.25) is 11.7 Å². The minimum absolute atomic E-state index is 0.0430. The predicted molar refractivity (Wildman–Crippen MR) is 80.0 cm³/mol. The fourth-order valence-corrected chi connectivity index (χ4v) is 2.90. The molecule has 7 heteroatoms. The van der Waals surface area contributed by atoms with Gasteiger partial charge in [0.1, 0.15) is 5.75 Å². The summed E-state index contributed by atoms with van der Waals surface area (Å²) < 4.78 is 34.7. The fourth-order valence-electron chi connectivity index (χ4n) is 2.90. The highest BCUT2D eigenvalue weighted by Crippen LogP contribution is 2.29. The number of para-hydroxylation sites is 1. The van der Waals surface area contributed by atoms with Crippen LogP contribution in [0.4, 0.5) is 8.78 Å². The Morgan fingerprint density at radius 1 is 1.39 bits per heavy atom. The molecule has 1 aliphatic heterocycles. The van der Waals surface area contributed by atoms with Crippen LogP contribution in [0.25, 0.3) is 11.4 Å². The van der Waals surface area contributed by atoms with Crippen LogP contribution in [-0.4, -0.2) is 34.7 Å². The monoisotopic (exact) mass is 323 g/mol. The molecule has 0 N–H and O–H groups in total. The Kier molecular flexibility index (Phi) is 4.85. The third-order valence-corrected chi connectivity index (χ3v) is 3.91. The molecular weight excluding hydrogens is 304 g/mol. The molecule has 0 radical (unpaired) electrons. The number of piperidine rings is 1. The molecule has 0 saturated carbocycles. The number of alkyl halides is 2. The zero-order chi connectivity index (χ0) is 16.2. The molecular formula is C16H19F2N3O2. The maximum atomic E-state index is 12.5. The Balaban J connectivity index is 1.74. The molecule has 1 unspecified atom stereocenters. The molecule has 1 atom stereocenters. The summed E-state index contributed by atoms with van der Waals surface area (Å²) in [6.45, 7) is 1.92. The van der Waals surface area contributed by atoms with Gasteiger partial charge in [-0.15, -0.1) is 0 Å². The molecule has 1 saturated heterocycles. The van der Waals surface area contributed by atoms with Crippen molar-refractivity contribution in [3.05, 3.63) is 30.2 Å². The maximum Gasteiger partial charge on any atom is 0.387 e.